The number of aromatic amines is 1. The van der Waals surface area contributed by atoms with Crippen LogP contribution in [0.4, 0.5) is 4.79 Å². The average molecular weight is 520 g/mol. The zero-order valence-corrected chi connectivity index (χ0v) is 22.7. The number of ether oxygens (including phenoxy) is 1. The van der Waals surface area contributed by atoms with Crippen molar-refractivity contribution in [3.05, 3.63) is 77.9 Å². The number of carbonyl (C=O) groups excluding carboxylic acids is 1. The number of hydrogen-bond donors (Lipinski definition) is 2. The molecule has 1 unspecified atom stereocenters. The molecule has 0 saturated carbocycles. The van der Waals surface area contributed by atoms with Crippen molar-refractivity contribution in [1.82, 2.24) is 15.3 Å². The van der Waals surface area contributed by atoms with Crippen LogP contribution in [0.1, 0.15) is 70.7 Å². The number of nitrogens with zero attached hydrogens (tertiary/aromatic N) is 1. The van der Waals surface area contributed by atoms with Crippen LogP contribution in [0.25, 0.3) is 22.2 Å². The lowest BCUT2D eigenvalue weighted by Crippen LogP contribution is -2.35. The van der Waals surface area contributed by atoms with E-state index < -0.39 is 17.7 Å². The summed E-state index contributed by atoms with van der Waals surface area (Å²) in [6.45, 7) is 10.1. The Morgan fingerprint density at radius 1 is 1.05 bits per heavy atom. The van der Waals surface area contributed by atoms with Gasteiger partial charge in [0.05, 0.1) is 0 Å². The van der Waals surface area contributed by atoms with E-state index in [-0.39, 0.29) is 6.61 Å². The van der Waals surface area contributed by atoms with Crippen molar-refractivity contribution >= 4 is 17.0 Å². The molecule has 0 saturated heterocycles. The Labute approximate surface area is 223 Å². The molecule has 8 nitrogen and oxygen atoms in total. The first-order chi connectivity index (χ1) is 18.2. The number of oxazole rings is 1. The van der Waals surface area contributed by atoms with Crippen molar-refractivity contribution in [1.29, 1.82) is 0 Å². The number of aromatic nitrogens is 2. The second kappa shape index (κ2) is 12.3. The third-order valence-corrected chi connectivity index (χ3v) is 6.22. The Hall–Kier alpha value is -3.62. The van der Waals surface area contributed by atoms with Crippen LogP contribution in [-0.4, -0.2) is 21.7 Å². The van der Waals surface area contributed by atoms with Crippen LogP contribution in [0.2, 0.25) is 0 Å². The van der Waals surface area contributed by atoms with Crippen molar-refractivity contribution in [3.63, 3.8) is 0 Å². The van der Waals surface area contributed by atoms with Crippen LogP contribution in [-0.2, 0) is 27.7 Å². The van der Waals surface area contributed by atoms with Gasteiger partial charge in [-0.3, -0.25) is 0 Å². The fraction of sp³-hybridized carbons (Fsp3) is 0.400. The van der Waals surface area contributed by atoms with Crippen molar-refractivity contribution in [2.24, 2.45) is 5.92 Å². The summed E-state index contributed by atoms with van der Waals surface area (Å²) < 4.78 is 11.9. The molecule has 2 atom stereocenters. The van der Waals surface area contributed by atoms with Gasteiger partial charge in [-0.2, -0.15) is 0 Å². The molecule has 0 fully saturated rings. The van der Waals surface area contributed by atoms with E-state index in [4.69, 9.17) is 23.9 Å². The summed E-state index contributed by atoms with van der Waals surface area (Å²) in [5.41, 5.74) is 2.81. The largest absolute Gasteiger partial charge is 0.444 e. The van der Waals surface area contributed by atoms with Crippen LogP contribution in [0.15, 0.2) is 65.2 Å². The zero-order valence-electron chi connectivity index (χ0n) is 22.7. The molecule has 2 aromatic carbocycles. The fourth-order valence-electron chi connectivity index (χ4n) is 4.11. The first-order valence-electron chi connectivity index (χ1n) is 13.1. The molecule has 2 aromatic heterocycles. The van der Waals surface area contributed by atoms with E-state index >= 15 is 0 Å². The van der Waals surface area contributed by atoms with Crippen molar-refractivity contribution in [3.8, 4) is 11.3 Å². The second-order valence-electron chi connectivity index (χ2n) is 10.5. The van der Waals surface area contributed by atoms with Gasteiger partial charge in [0.25, 0.3) is 0 Å². The second-order valence-corrected chi connectivity index (χ2v) is 10.5. The van der Waals surface area contributed by atoms with Crippen LogP contribution in [0.5, 0.6) is 0 Å². The van der Waals surface area contributed by atoms with Crippen molar-refractivity contribution < 1.29 is 23.7 Å². The number of fused-ring (bicyclic) bond motifs is 1. The number of rotatable bonds is 11. The number of alkyl carbamates (subject to hydrolysis) is 1. The highest BCUT2D eigenvalue weighted by atomic mass is 17.2. The van der Waals surface area contributed by atoms with Crippen molar-refractivity contribution in [2.45, 2.75) is 72.3 Å². The maximum atomic E-state index is 12.7. The van der Waals surface area contributed by atoms with Gasteiger partial charge in [-0.05, 0) is 44.7 Å². The quantitative estimate of drug-likeness (QED) is 0.121. The van der Waals surface area contributed by atoms with E-state index in [1.165, 1.54) is 0 Å². The molecule has 4 rings (SSSR count). The Morgan fingerprint density at radius 2 is 1.76 bits per heavy atom. The fourth-order valence-corrected chi connectivity index (χ4v) is 4.11. The van der Waals surface area contributed by atoms with Gasteiger partial charge in [0.2, 0.25) is 5.89 Å². The molecule has 4 aromatic rings. The lowest BCUT2D eigenvalue weighted by molar-refractivity contribution is -0.313. The van der Waals surface area contributed by atoms with Gasteiger partial charge in [0.1, 0.15) is 30.6 Å². The number of carbonyl (C=O) groups is 1. The highest BCUT2D eigenvalue weighted by Crippen LogP contribution is 2.35. The maximum Gasteiger partial charge on any atom is 0.408 e. The number of nitrogens with one attached hydrogen (secondary N) is 2. The molecule has 8 heteroatoms. The minimum atomic E-state index is -0.619. The maximum absolute atomic E-state index is 12.7. The molecule has 38 heavy (non-hydrogen) atoms. The summed E-state index contributed by atoms with van der Waals surface area (Å²) in [7, 11) is 0. The summed E-state index contributed by atoms with van der Waals surface area (Å²) in [6, 6.07) is 17.3. The van der Waals surface area contributed by atoms with Crippen LogP contribution in [0.3, 0.4) is 0 Å². The monoisotopic (exact) mass is 519 g/mol. The summed E-state index contributed by atoms with van der Waals surface area (Å²) >= 11 is 0. The number of benzene rings is 2. The number of H-pyrrole nitrogens is 1. The molecule has 0 aliphatic carbocycles. The lowest BCUT2D eigenvalue weighted by atomic mass is 9.99. The predicted octanol–water partition coefficient (Wildman–Crippen LogP) is 7.47. The molecule has 0 bridgehead atoms. The van der Waals surface area contributed by atoms with E-state index in [2.05, 4.69) is 24.1 Å². The molecular weight excluding hydrogens is 482 g/mol. The van der Waals surface area contributed by atoms with E-state index in [0.29, 0.717) is 36.3 Å². The highest BCUT2D eigenvalue weighted by Gasteiger charge is 2.28. The minimum absolute atomic E-state index is 0.0770. The lowest BCUT2D eigenvalue weighted by Gasteiger charge is -2.23. The molecule has 2 heterocycles. The summed E-state index contributed by atoms with van der Waals surface area (Å²) in [6.07, 6.45) is 2.98. The average Bonchev–Trinajstić information content (AvgIpc) is 3.50. The minimum Gasteiger partial charge on any atom is -0.444 e. The van der Waals surface area contributed by atoms with Crippen LogP contribution < -0.4 is 5.32 Å². The normalized spacial score (nSPS) is 13.4. The SMILES string of the molecule is CC[C@H](C)CC(NC(=O)OC(C)(C)C)c1nc(COOCc2ccccc2)c(-c2c[nH]c3ccccc23)o1. The van der Waals surface area contributed by atoms with Gasteiger partial charge in [0.15, 0.2) is 5.76 Å². The Balaban J connectivity index is 1.62. The first-order valence-corrected chi connectivity index (χ1v) is 13.1. The Kier molecular flexibility index (Phi) is 8.86. The van der Waals surface area contributed by atoms with E-state index in [1.54, 1.807) is 0 Å². The smallest absolute Gasteiger partial charge is 0.408 e. The number of hydrogen-bond acceptors (Lipinski definition) is 6. The van der Waals surface area contributed by atoms with E-state index in [9.17, 15) is 4.79 Å². The predicted molar refractivity (Wildman–Crippen MR) is 146 cm³/mol. The molecule has 0 aliphatic rings. The summed E-state index contributed by atoms with van der Waals surface area (Å²) in [5.74, 6) is 1.30. The van der Waals surface area contributed by atoms with Crippen LogP contribution >= 0.6 is 0 Å². The Morgan fingerprint density at radius 3 is 2.50 bits per heavy atom. The number of para-hydroxylation sites is 1. The van der Waals surface area contributed by atoms with Gasteiger partial charge < -0.3 is 19.5 Å². The third kappa shape index (κ3) is 7.24. The summed E-state index contributed by atoms with van der Waals surface area (Å²) in [4.78, 5) is 31.8. The highest BCUT2D eigenvalue weighted by molar-refractivity contribution is 5.94. The molecule has 202 valence electrons. The van der Waals surface area contributed by atoms with Gasteiger partial charge in [0, 0.05) is 22.7 Å². The van der Waals surface area contributed by atoms with Gasteiger partial charge >= 0.3 is 6.09 Å². The summed E-state index contributed by atoms with van der Waals surface area (Å²) in [5, 5.41) is 3.97. The van der Waals surface area contributed by atoms with Crippen LogP contribution in [0, 0.1) is 5.92 Å². The topological polar surface area (TPSA) is 98.6 Å². The Bertz CT molecular complexity index is 1320. The van der Waals surface area contributed by atoms with E-state index in [0.717, 1.165) is 28.5 Å². The van der Waals surface area contributed by atoms with Gasteiger partial charge in [-0.25, -0.2) is 19.6 Å². The van der Waals surface area contributed by atoms with Gasteiger partial charge in [-0.15, -0.1) is 0 Å². The standard InChI is InChI=1S/C30H37N3O5/c1-6-20(2)16-25(33-29(34)38-30(3,4)5)28-32-26(19-36-35-18-21-12-8-7-9-13-21)27(37-28)23-17-31-24-15-11-10-14-22(23)24/h7-15,17,20,25,31H,6,16,18-19H2,1-5H3,(H,33,34)/t20-,25?/m0/s1. The molecule has 1 amide bonds. The zero-order chi connectivity index (χ0) is 27.1. The molecule has 0 spiro atoms. The van der Waals surface area contributed by atoms with Crippen molar-refractivity contribution in [2.75, 3.05) is 0 Å². The molecule has 2 N–H and O–H groups in total. The van der Waals surface area contributed by atoms with E-state index in [1.807, 2.05) is 81.6 Å². The van der Waals surface area contributed by atoms with Gasteiger partial charge in [-0.1, -0.05) is 68.8 Å². The molecular formula is C30H37N3O5. The number of amides is 1. The molecule has 0 radical (unpaired) electrons. The molecule has 0 aliphatic heterocycles. The third-order valence-electron chi connectivity index (χ3n) is 6.22. The first kappa shape index (κ1) is 27.4.